The molecule has 2 unspecified atom stereocenters. The minimum Gasteiger partial charge on any atom is -0.402 e. The van der Waals surface area contributed by atoms with Crippen LogP contribution in [0.15, 0.2) is 40.6 Å². The average Bonchev–Trinajstić information content (AvgIpc) is 2.18. The third-order valence-electron chi connectivity index (χ3n) is 2.65. The summed E-state index contributed by atoms with van der Waals surface area (Å²) in [6.45, 7) is 3.06. The molecule has 2 nitrogen and oxygen atoms in total. The van der Waals surface area contributed by atoms with E-state index in [0.29, 0.717) is 11.8 Å². The van der Waals surface area contributed by atoms with Gasteiger partial charge in [0.15, 0.2) is 0 Å². The van der Waals surface area contributed by atoms with Crippen molar-refractivity contribution in [3.8, 4) is 0 Å². The van der Waals surface area contributed by atoms with Crippen molar-refractivity contribution >= 4 is 6.21 Å². The van der Waals surface area contributed by atoms with Crippen molar-refractivity contribution in [3.05, 3.63) is 35.6 Å². The smallest absolute Gasteiger partial charge is 0.0492 e. The fraction of sp³-hybridized carbons (Fsp3) is 0.417. The summed E-state index contributed by atoms with van der Waals surface area (Å²) in [5.74, 6) is 0.996. The molecule has 0 amide bonds. The molecule has 0 aromatic rings. The van der Waals surface area contributed by atoms with Crippen LogP contribution >= 0.6 is 0 Å². The topological polar surface area (TPSA) is 38.4 Å². The molecule has 2 heteroatoms. The molecule has 0 radical (unpaired) electrons. The van der Waals surface area contributed by atoms with Crippen LogP contribution in [0.3, 0.4) is 0 Å². The van der Waals surface area contributed by atoms with Gasteiger partial charge in [0.1, 0.15) is 0 Å². The lowest BCUT2D eigenvalue weighted by molar-refractivity contribution is 0.665. The normalized spacial score (nSPS) is 31.2. The van der Waals surface area contributed by atoms with E-state index >= 15 is 0 Å². The molecule has 2 rings (SSSR count). The number of nitrogens with two attached hydrogens (primary N) is 1. The summed E-state index contributed by atoms with van der Waals surface area (Å²) in [6.07, 6.45) is 11.5. The van der Waals surface area contributed by atoms with E-state index in [2.05, 4.69) is 30.1 Å². The van der Waals surface area contributed by atoms with Crippen LogP contribution in [-0.2, 0) is 0 Å². The fourth-order valence-electron chi connectivity index (χ4n) is 2.01. The van der Waals surface area contributed by atoms with Gasteiger partial charge in [-0.1, -0.05) is 19.1 Å². The van der Waals surface area contributed by atoms with E-state index in [1.165, 1.54) is 5.57 Å². The Morgan fingerprint density at radius 2 is 2.36 bits per heavy atom. The molecular formula is C12H16N2. The molecule has 0 aromatic heterocycles. The molecule has 2 N–H and O–H groups in total. The molecule has 2 aliphatic rings. The minimum atomic E-state index is 0.432. The molecule has 1 aliphatic heterocycles. The number of hydrogen-bond donors (Lipinski definition) is 1. The highest BCUT2D eigenvalue weighted by atomic mass is 14.7. The molecule has 14 heavy (non-hydrogen) atoms. The van der Waals surface area contributed by atoms with E-state index in [4.69, 9.17) is 5.73 Å². The molecule has 0 fully saturated rings. The monoisotopic (exact) mass is 188 g/mol. The van der Waals surface area contributed by atoms with Crippen LogP contribution in [0.1, 0.15) is 13.3 Å². The standard InChI is InChI=1S/C12H16N2/c1-9-5-11(7-12(13)6-9)10-3-2-4-14-8-10/h2-5,7,9-10H,6,8,13H2,1H3. The Labute approximate surface area is 84.9 Å². The maximum atomic E-state index is 5.88. The van der Waals surface area contributed by atoms with Crippen molar-refractivity contribution in [1.29, 1.82) is 0 Å². The Morgan fingerprint density at radius 1 is 1.50 bits per heavy atom. The van der Waals surface area contributed by atoms with Gasteiger partial charge in [-0.15, -0.1) is 0 Å². The SMILES string of the molecule is CC1C=C(C2C=CC=NC2)C=C(N)C1. The first-order valence-electron chi connectivity index (χ1n) is 5.10. The second-order valence-electron chi connectivity index (χ2n) is 4.07. The largest absolute Gasteiger partial charge is 0.402 e. The van der Waals surface area contributed by atoms with Gasteiger partial charge in [-0.25, -0.2) is 0 Å². The predicted octanol–water partition coefficient (Wildman–Crippen LogP) is 2.05. The van der Waals surface area contributed by atoms with Gasteiger partial charge < -0.3 is 5.73 Å². The van der Waals surface area contributed by atoms with E-state index in [-0.39, 0.29) is 0 Å². The number of allylic oxidation sites excluding steroid dienone is 4. The number of aliphatic imine (C=N–C) groups is 1. The molecule has 0 spiro atoms. The first-order chi connectivity index (χ1) is 6.75. The van der Waals surface area contributed by atoms with Gasteiger partial charge in [0.25, 0.3) is 0 Å². The average molecular weight is 188 g/mol. The van der Waals surface area contributed by atoms with Crippen LogP contribution in [0, 0.1) is 11.8 Å². The third kappa shape index (κ3) is 1.95. The molecule has 0 bridgehead atoms. The van der Waals surface area contributed by atoms with Crippen molar-refractivity contribution in [2.24, 2.45) is 22.6 Å². The highest BCUT2D eigenvalue weighted by Gasteiger charge is 2.16. The van der Waals surface area contributed by atoms with Crippen molar-refractivity contribution in [2.75, 3.05) is 6.54 Å². The second-order valence-corrected chi connectivity index (χ2v) is 4.07. The van der Waals surface area contributed by atoms with Gasteiger partial charge >= 0.3 is 0 Å². The zero-order chi connectivity index (χ0) is 9.97. The highest BCUT2D eigenvalue weighted by Crippen LogP contribution is 2.26. The molecule has 0 aromatic carbocycles. The van der Waals surface area contributed by atoms with Crippen LogP contribution in [0.4, 0.5) is 0 Å². The third-order valence-corrected chi connectivity index (χ3v) is 2.65. The van der Waals surface area contributed by atoms with Crippen LogP contribution in [0.25, 0.3) is 0 Å². The maximum absolute atomic E-state index is 5.88. The Kier molecular flexibility index (Phi) is 2.53. The van der Waals surface area contributed by atoms with Crippen LogP contribution in [0.2, 0.25) is 0 Å². The Balaban J connectivity index is 2.17. The maximum Gasteiger partial charge on any atom is 0.0492 e. The quantitative estimate of drug-likeness (QED) is 0.672. The van der Waals surface area contributed by atoms with Crippen LogP contribution < -0.4 is 5.73 Å². The number of nitrogens with zero attached hydrogens (tertiary/aromatic N) is 1. The van der Waals surface area contributed by atoms with Crippen LogP contribution in [0.5, 0.6) is 0 Å². The van der Waals surface area contributed by atoms with Gasteiger partial charge in [-0.05, 0) is 30.1 Å². The molecular weight excluding hydrogens is 172 g/mol. The first-order valence-corrected chi connectivity index (χ1v) is 5.10. The molecule has 2 atom stereocenters. The zero-order valence-electron chi connectivity index (χ0n) is 8.48. The molecule has 1 heterocycles. The Morgan fingerprint density at radius 3 is 3.00 bits per heavy atom. The van der Waals surface area contributed by atoms with Gasteiger partial charge in [0.05, 0.1) is 0 Å². The van der Waals surface area contributed by atoms with E-state index < -0.39 is 0 Å². The second kappa shape index (κ2) is 3.82. The Bertz CT molecular complexity index is 334. The van der Waals surface area contributed by atoms with E-state index in [1.54, 1.807) is 0 Å². The lowest BCUT2D eigenvalue weighted by Crippen LogP contribution is -2.14. The van der Waals surface area contributed by atoms with Crippen LogP contribution in [-0.4, -0.2) is 12.8 Å². The Hall–Kier alpha value is -1.31. The zero-order valence-corrected chi connectivity index (χ0v) is 8.48. The van der Waals surface area contributed by atoms with E-state index in [0.717, 1.165) is 18.7 Å². The molecule has 74 valence electrons. The first kappa shape index (κ1) is 9.25. The summed E-state index contributed by atoms with van der Waals surface area (Å²) < 4.78 is 0. The molecule has 0 saturated carbocycles. The molecule has 1 aliphatic carbocycles. The minimum absolute atomic E-state index is 0.432. The van der Waals surface area contributed by atoms with Gasteiger partial charge in [-0.3, -0.25) is 4.99 Å². The molecule has 0 saturated heterocycles. The summed E-state index contributed by atoms with van der Waals surface area (Å²) in [7, 11) is 0. The van der Waals surface area contributed by atoms with E-state index in [9.17, 15) is 0 Å². The van der Waals surface area contributed by atoms with Gasteiger partial charge in [0, 0.05) is 24.4 Å². The summed E-state index contributed by atoms with van der Waals surface area (Å²) in [5.41, 5.74) is 8.21. The number of rotatable bonds is 1. The fourth-order valence-corrected chi connectivity index (χ4v) is 2.01. The lowest BCUT2D eigenvalue weighted by Gasteiger charge is -2.21. The lowest BCUT2D eigenvalue weighted by atomic mass is 9.87. The van der Waals surface area contributed by atoms with Crippen molar-refractivity contribution in [2.45, 2.75) is 13.3 Å². The summed E-state index contributed by atoms with van der Waals surface area (Å²) in [5, 5.41) is 0. The number of hydrogen-bond acceptors (Lipinski definition) is 2. The van der Waals surface area contributed by atoms with Gasteiger partial charge in [-0.2, -0.15) is 0 Å². The summed E-state index contributed by atoms with van der Waals surface area (Å²) >= 11 is 0. The number of dihydropyridines is 1. The van der Waals surface area contributed by atoms with Crippen molar-refractivity contribution in [1.82, 2.24) is 0 Å². The van der Waals surface area contributed by atoms with Gasteiger partial charge in [0.2, 0.25) is 0 Å². The van der Waals surface area contributed by atoms with E-state index in [1.807, 2.05) is 12.3 Å². The van der Waals surface area contributed by atoms with Crippen molar-refractivity contribution in [3.63, 3.8) is 0 Å². The summed E-state index contributed by atoms with van der Waals surface area (Å²) in [6, 6.07) is 0. The highest BCUT2D eigenvalue weighted by molar-refractivity contribution is 5.72. The summed E-state index contributed by atoms with van der Waals surface area (Å²) in [4.78, 5) is 4.26. The predicted molar refractivity (Wildman–Crippen MR) is 60.1 cm³/mol. The van der Waals surface area contributed by atoms with Crippen molar-refractivity contribution < 1.29 is 0 Å².